The van der Waals surface area contributed by atoms with Crippen LogP contribution in [0.25, 0.3) is 0 Å². The summed E-state index contributed by atoms with van der Waals surface area (Å²) >= 11 is 1.88. The fourth-order valence-corrected chi connectivity index (χ4v) is 3.82. The Hall–Kier alpha value is -1.81. The van der Waals surface area contributed by atoms with Crippen molar-refractivity contribution in [1.82, 2.24) is 4.90 Å². The number of amides is 1. The highest BCUT2D eigenvalue weighted by molar-refractivity contribution is 7.16. The molecule has 1 radical (unpaired) electrons. The van der Waals surface area contributed by atoms with Gasteiger partial charge in [-0.3, -0.25) is 4.79 Å². The topological polar surface area (TPSA) is 23.6 Å². The maximum Gasteiger partial charge on any atom is 0.219 e. The van der Waals surface area contributed by atoms with Gasteiger partial charge in [-0.05, 0) is 36.6 Å². The zero-order valence-corrected chi connectivity index (χ0v) is 13.7. The number of hydrogen-bond acceptors (Lipinski definition) is 3. The van der Waals surface area contributed by atoms with Crippen LogP contribution < -0.4 is 4.90 Å². The number of rotatable bonds is 4. The molecule has 3 nitrogen and oxygen atoms in total. The monoisotopic (exact) mass is 313 g/mol. The van der Waals surface area contributed by atoms with E-state index in [1.165, 1.54) is 15.4 Å². The van der Waals surface area contributed by atoms with Crippen LogP contribution in [-0.4, -0.2) is 37.0 Å². The van der Waals surface area contributed by atoms with Crippen LogP contribution in [0.1, 0.15) is 17.4 Å². The number of thiophene rings is 1. The summed E-state index contributed by atoms with van der Waals surface area (Å²) in [4.78, 5) is 17.1. The third-order valence-corrected chi connectivity index (χ3v) is 5.32. The molecule has 1 fully saturated rings. The summed E-state index contributed by atoms with van der Waals surface area (Å²) in [6.07, 6.45) is 2.14. The number of nitrogens with zero attached hydrogens (tertiary/aromatic N) is 2. The molecule has 1 aromatic heterocycles. The molecule has 0 unspecified atom stereocenters. The van der Waals surface area contributed by atoms with Gasteiger partial charge in [0.05, 0.1) is 5.00 Å². The highest BCUT2D eigenvalue weighted by Crippen LogP contribution is 2.28. The van der Waals surface area contributed by atoms with Gasteiger partial charge in [-0.25, -0.2) is 0 Å². The van der Waals surface area contributed by atoms with E-state index in [1.54, 1.807) is 6.92 Å². The lowest BCUT2D eigenvalue weighted by Crippen LogP contribution is -2.47. The van der Waals surface area contributed by atoms with Crippen molar-refractivity contribution >= 4 is 22.2 Å². The van der Waals surface area contributed by atoms with Crippen molar-refractivity contribution in [2.24, 2.45) is 0 Å². The van der Waals surface area contributed by atoms with E-state index in [2.05, 4.69) is 35.2 Å². The maximum atomic E-state index is 11.4. The Bertz CT molecular complexity index is 615. The minimum absolute atomic E-state index is 0.186. The second-order valence-corrected chi connectivity index (χ2v) is 6.79. The lowest BCUT2D eigenvalue weighted by molar-refractivity contribution is -0.129. The van der Waals surface area contributed by atoms with E-state index in [-0.39, 0.29) is 5.91 Å². The number of piperazine rings is 1. The predicted molar refractivity (Wildman–Crippen MR) is 91.5 cm³/mol. The van der Waals surface area contributed by atoms with E-state index in [9.17, 15) is 4.79 Å². The van der Waals surface area contributed by atoms with E-state index in [4.69, 9.17) is 0 Å². The van der Waals surface area contributed by atoms with Gasteiger partial charge in [0, 0.05) is 38.0 Å². The van der Waals surface area contributed by atoms with Crippen LogP contribution in [-0.2, 0) is 17.6 Å². The molecule has 3 rings (SSSR count). The van der Waals surface area contributed by atoms with Gasteiger partial charge in [-0.2, -0.15) is 0 Å². The van der Waals surface area contributed by atoms with Crippen molar-refractivity contribution in [3.05, 3.63) is 52.9 Å². The fraction of sp³-hybridized carbons (Fsp3) is 0.389. The number of carbonyl (C=O) groups excluding carboxylic acids is 1. The normalized spacial score (nSPS) is 15.1. The molecular weight excluding hydrogens is 292 g/mol. The maximum absolute atomic E-state index is 11.4. The third kappa shape index (κ3) is 3.69. The van der Waals surface area contributed by atoms with Crippen LogP contribution in [0.4, 0.5) is 5.00 Å². The molecule has 115 valence electrons. The Kier molecular flexibility index (Phi) is 4.78. The van der Waals surface area contributed by atoms with Crippen molar-refractivity contribution in [2.45, 2.75) is 19.8 Å². The average Bonchev–Trinajstić information content (AvgIpc) is 3.03. The molecule has 0 N–H and O–H groups in total. The van der Waals surface area contributed by atoms with Crippen LogP contribution in [0.3, 0.4) is 0 Å². The first-order valence-corrected chi connectivity index (χ1v) is 8.58. The van der Waals surface area contributed by atoms with E-state index in [1.807, 2.05) is 28.4 Å². The summed E-state index contributed by atoms with van der Waals surface area (Å²) in [5, 5.41) is 1.33. The standard InChI is InChI=1S/C18H21N2OS/c1-15(21)19-11-13-20(14-12-19)18-10-9-17(22-18)8-7-16-5-3-2-4-6-16/h2-3,5-6,9-10H,7-8,11-14H2,1H3. The first-order chi connectivity index (χ1) is 10.7. The Morgan fingerprint density at radius 2 is 2.00 bits per heavy atom. The van der Waals surface area contributed by atoms with Crippen LogP contribution in [0.2, 0.25) is 0 Å². The van der Waals surface area contributed by atoms with Gasteiger partial charge in [-0.1, -0.05) is 24.3 Å². The molecule has 1 aliphatic heterocycles. The molecule has 0 atom stereocenters. The van der Waals surface area contributed by atoms with Gasteiger partial charge in [-0.15, -0.1) is 11.3 Å². The molecule has 2 heterocycles. The van der Waals surface area contributed by atoms with Gasteiger partial charge >= 0.3 is 0 Å². The van der Waals surface area contributed by atoms with Gasteiger partial charge in [0.1, 0.15) is 0 Å². The number of carbonyl (C=O) groups is 1. The quantitative estimate of drug-likeness (QED) is 0.866. The van der Waals surface area contributed by atoms with Gasteiger partial charge in [0.2, 0.25) is 5.91 Å². The van der Waals surface area contributed by atoms with Gasteiger partial charge in [0.15, 0.2) is 0 Å². The van der Waals surface area contributed by atoms with Gasteiger partial charge in [0.25, 0.3) is 0 Å². The zero-order chi connectivity index (χ0) is 15.4. The van der Waals surface area contributed by atoms with Crippen molar-refractivity contribution in [2.75, 3.05) is 31.1 Å². The lowest BCUT2D eigenvalue weighted by atomic mass is 10.1. The third-order valence-electron chi connectivity index (χ3n) is 4.12. The van der Waals surface area contributed by atoms with E-state index in [0.29, 0.717) is 0 Å². The molecule has 22 heavy (non-hydrogen) atoms. The number of hydrogen-bond donors (Lipinski definition) is 0. The van der Waals surface area contributed by atoms with Crippen molar-refractivity contribution in [3.8, 4) is 0 Å². The van der Waals surface area contributed by atoms with Crippen LogP contribution in [0, 0.1) is 6.07 Å². The number of aryl methyl sites for hydroxylation is 2. The molecule has 0 spiro atoms. The van der Waals surface area contributed by atoms with Crippen LogP contribution >= 0.6 is 11.3 Å². The Morgan fingerprint density at radius 3 is 2.68 bits per heavy atom. The molecule has 1 aromatic carbocycles. The SMILES string of the molecule is CC(=O)N1CCN(c2ccc(CCc3c[c]ccc3)s2)CC1. The van der Waals surface area contributed by atoms with Crippen LogP contribution in [0.15, 0.2) is 36.4 Å². The van der Waals surface area contributed by atoms with Crippen molar-refractivity contribution in [1.29, 1.82) is 0 Å². The van der Waals surface area contributed by atoms with E-state index in [0.717, 1.165) is 39.0 Å². The summed E-state index contributed by atoms with van der Waals surface area (Å²) in [6, 6.07) is 15.8. The highest BCUT2D eigenvalue weighted by Gasteiger charge is 2.19. The van der Waals surface area contributed by atoms with E-state index < -0.39 is 0 Å². The smallest absolute Gasteiger partial charge is 0.219 e. The van der Waals surface area contributed by atoms with Gasteiger partial charge < -0.3 is 9.80 Å². The lowest BCUT2D eigenvalue weighted by Gasteiger charge is -2.34. The second-order valence-electron chi connectivity index (χ2n) is 5.64. The van der Waals surface area contributed by atoms with Crippen molar-refractivity contribution in [3.63, 3.8) is 0 Å². The summed E-state index contributed by atoms with van der Waals surface area (Å²) in [6.45, 7) is 5.20. The number of benzene rings is 1. The molecule has 0 bridgehead atoms. The average molecular weight is 313 g/mol. The summed E-state index contributed by atoms with van der Waals surface area (Å²) in [5.41, 5.74) is 1.34. The second kappa shape index (κ2) is 6.97. The Balaban J connectivity index is 1.54. The number of anilines is 1. The largest absolute Gasteiger partial charge is 0.360 e. The van der Waals surface area contributed by atoms with Crippen LogP contribution in [0.5, 0.6) is 0 Å². The Morgan fingerprint density at radius 1 is 1.18 bits per heavy atom. The van der Waals surface area contributed by atoms with Crippen molar-refractivity contribution < 1.29 is 4.79 Å². The van der Waals surface area contributed by atoms with E-state index >= 15 is 0 Å². The molecule has 1 amide bonds. The first-order valence-electron chi connectivity index (χ1n) is 7.76. The minimum Gasteiger partial charge on any atom is -0.360 e. The summed E-state index contributed by atoms with van der Waals surface area (Å²) in [7, 11) is 0. The molecule has 4 heteroatoms. The first kappa shape index (κ1) is 15.1. The summed E-state index contributed by atoms with van der Waals surface area (Å²) in [5.74, 6) is 0.186. The zero-order valence-electron chi connectivity index (χ0n) is 12.9. The molecular formula is C18H21N2OS. The Labute approximate surface area is 136 Å². The molecule has 2 aromatic rings. The fourth-order valence-electron chi connectivity index (χ4n) is 2.77. The molecule has 0 saturated carbocycles. The molecule has 0 aliphatic carbocycles. The highest BCUT2D eigenvalue weighted by atomic mass is 32.1. The molecule has 1 aliphatic rings. The predicted octanol–water partition coefficient (Wildman–Crippen LogP) is 3.00. The minimum atomic E-state index is 0.186. The molecule has 1 saturated heterocycles. The summed E-state index contributed by atoms with van der Waals surface area (Å²) < 4.78 is 0.